The van der Waals surface area contributed by atoms with Gasteiger partial charge in [0.1, 0.15) is 0 Å². The summed E-state index contributed by atoms with van der Waals surface area (Å²) >= 11 is 0. The van der Waals surface area contributed by atoms with Gasteiger partial charge in [0.05, 0.1) is 11.7 Å². The number of pyridine rings is 1. The van der Waals surface area contributed by atoms with Gasteiger partial charge in [-0.3, -0.25) is 4.98 Å². The summed E-state index contributed by atoms with van der Waals surface area (Å²) in [7, 11) is 0. The molecule has 0 bridgehead atoms. The molecular weight excluding hydrogens is 266 g/mol. The highest BCUT2D eigenvalue weighted by Gasteiger charge is 2.17. The number of carbonyl (C=O) groups excluding carboxylic acids is 1. The summed E-state index contributed by atoms with van der Waals surface area (Å²) in [5, 5.41) is 14.4. The SMILES string of the molecule is O=C(NCCCO)NC(c1ccccc1)c1ccccn1. The van der Waals surface area contributed by atoms with E-state index in [4.69, 9.17) is 5.11 Å². The van der Waals surface area contributed by atoms with Crippen LogP contribution in [-0.4, -0.2) is 29.3 Å². The predicted octanol–water partition coefficient (Wildman–Crippen LogP) is 1.85. The highest BCUT2D eigenvalue weighted by atomic mass is 16.3. The summed E-state index contributed by atoms with van der Waals surface area (Å²) in [4.78, 5) is 16.3. The van der Waals surface area contributed by atoms with Crippen LogP contribution < -0.4 is 10.6 Å². The standard InChI is InChI=1S/C16H19N3O2/c20-12-6-11-18-16(21)19-15(13-7-2-1-3-8-13)14-9-4-5-10-17-14/h1-5,7-10,15,20H,6,11-12H2,(H2,18,19,21). The van der Waals surface area contributed by atoms with Crippen LogP contribution in [0.15, 0.2) is 54.7 Å². The van der Waals surface area contributed by atoms with Crippen LogP contribution in [0.25, 0.3) is 0 Å². The molecule has 110 valence electrons. The Hall–Kier alpha value is -2.40. The van der Waals surface area contributed by atoms with Crippen LogP contribution in [0.2, 0.25) is 0 Å². The van der Waals surface area contributed by atoms with E-state index >= 15 is 0 Å². The Morgan fingerprint density at radius 3 is 2.57 bits per heavy atom. The molecule has 1 aromatic heterocycles. The Labute approximate surface area is 124 Å². The first-order chi connectivity index (χ1) is 10.3. The molecule has 1 unspecified atom stereocenters. The quantitative estimate of drug-likeness (QED) is 0.709. The fourth-order valence-corrected chi connectivity index (χ4v) is 1.98. The minimum absolute atomic E-state index is 0.0582. The van der Waals surface area contributed by atoms with Crippen molar-refractivity contribution in [1.82, 2.24) is 15.6 Å². The molecule has 3 N–H and O–H groups in total. The topological polar surface area (TPSA) is 74.2 Å². The third-order valence-electron chi connectivity index (χ3n) is 3.01. The molecule has 0 aliphatic carbocycles. The summed E-state index contributed by atoms with van der Waals surface area (Å²) < 4.78 is 0. The zero-order valence-electron chi connectivity index (χ0n) is 11.7. The lowest BCUT2D eigenvalue weighted by Gasteiger charge is -2.19. The van der Waals surface area contributed by atoms with Crippen molar-refractivity contribution >= 4 is 6.03 Å². The Morgan fingerprint density at radius 2 is 1.90 bits per heavy atom. The maximum absolute atomic E-state index is 11.9. The van der Waals surface area contributed by atoms with Gasteiger partial charge >= 0.3 is 6.03 Å². The number of benzene rings is 1. The number of amides is 2. The van der Waals surface area contributed by atoms with Gasteiger partial charge in [-0.25, -0.2) is 4.79 Å². The highest BCUT2D eigenvalue weighted by molar-refractivity contribution is 5.74. The predicted molar refractivity (Wildman–Crippen MR) is 80.8 cm³/mol. The Balaban J connectivity index is 2.12. The van der Waals surface area contributed by atoms with E-state index in [9.17, 15) is 4.79 Å². The molecule has 5 heteroatoms. The first kappa shape index (κ1) is 15.0. The van der Waals surface area contributed by atoms with E-state index in [2.05, 4.69) is 15.6 Å². The van der Waals surface area contributed by atoms with E-state index in [-0.39, 0.29) is 18.7 Å². The Bertz CT molecular complexity index is 506. The van der Waals surface area contributed by atoms with Crippen molar-refractivity contribution in [3.05, 3.63) is 66.0 Å². The van der Waals surface area contributed by atoms with Crippen LogP contribution in [0.5, 0.6) is 0 Å². The fourth-order valence-electron chi connectivity index (χ4n) is 1.98. The molecule has 0 fully saturated rings. The number of aromatic nitrogens is 1. The fraction of sp³-hybridized carbons (Fsp3) is 0.250. The maximum Gasteiger partial charge on any atom is 0.315 e. The van der Waals surface area contributed by atoms with E-state index in [1.807, 2.05) is 48.5 Å². The van der Waals surface area contributed by atoms with Crippen LogP contribution in [0.3, 0.4) is 0 Å². The molecule has 2 rings (SSSR count). The van der Waals surface area contributed by atoms with Gasteiger partial charge in [0.2, 0.25) is 0 Å². The average molecular weight is 285 g/mol. The normalized spacial score (nSPS) is 11.7. The van der Waals surface area contributed by atoms with E-state index in [1.54, 1.807) is 6.20 Å². The Morgan fingerprint density at radius 1 is 1.14 bits per heavy atom. The van der Waals surface area contributed by atoms with Crippen LogP contribution in [0.1, 0.15) is 23.7 Å². The third kappa shape index (κ3) is 4.57. The minimum atomic E-state index is -0.304. The van der Waals surface area contributed by atoms with Gasteiger partial charge in [-0.05, 0) is 24.1 Å². The van der Waals surface area contributed by atoms with Gasteiger partial charge in [-0.15, -0.1) is 0 Å². The monoisotopic (exact) mass is 285 g/mol. The van der Waals surface area contributed by atoms with Crippen LogP contribution >= 0.6 is 0 Å². The molecular formula is C16H19N3O2. The molecule has 21 heavy (non-hydrogen) atoms. The first-order valence-electron chi connectivity index (χ1n) is 6.92. The van der Waals surface area contributed by atoms with E-state index in [0.29, 0.717) is 13.0 Å². The molecule has 5 nitrogen and oxygen atoms in total. The molecule has 1 atom stereocenters. The number of hydrogen-bond donors (Lipinski definition) is 3. The van der Waals surface area contributed by atoms with Crippen molar-refractivity contribution in [2.75, 3.05) is 13.2 Å². The lowest BCUT2D eigenvalue weighted by atomic mass is 10.0. The summed E-state index contributed by atoms with van der Waals surface area (Å²) in [6.45, 7) is 0.495. The zero-order valence-corrected chi connectivity index (χ0v) is 11.7. The van der Waals surface area contributed by atoms with Gasteiger partial charge in [-0.2, -0.15) is 0 Å². The number of carbonyl (C=O) groups is 1. The van der Waals surface area contributed by atoms with Crippen molar-refractivity contribution in [2.24, 2.45) is 0 Å². The molecule has 1 heterocycles. The number of rotatable bonds is 6. The van der Waals surface area contributed by atoms with Gasteiger partial charge in [0, 0.05) is 19.3 Å². The summed E-state index contributed by atoms with van der Waals surface area (Å²) in [5.41, 5.74) is 1.74. The Kier molecular flexibility index (Phi) is 5.72. The number of aliphatic hydroxyl groups is 1. The number of nitrogens with one attached hydrogen (secondary N) is 2. The smallest absolute Gasteiger partial charge is 0.315 e. The van der Waals surface area contributed by atoms with E-state index in [0.717, 1.165) is 11.3 Å². The molecule has 0 radical (unpaired) electrons. The van der Waals surface area contributed by atoms with Gasteiger partial charge in [0.15, 0.2) is 0 Å². The second-order valence-corrected chi connectivity index (χ2v) is 4.58. The zero-order chi connectivity index (χ0) is 14.9. The number of hydrogen-bond acceptors (Lipinski definition) is 3. The third-order valence-corrected chi connectivity index (χ3v) is 3.01. The second kappa shape index (κ2) is 8.01. The summed E-state index contributed by atoms with van der Waals surface area (Å²) in [6.07, 6.45) is 2.24. The van der Waals surface area contributed by atoms with Gasteiger partial charge < -0.3 is 15.7 Å². The molecule has 0 saturated heterocycles. The van der Waals surface area contributed by atoms with Crippen molar-refractivity contribution in [1.29, 1.82) is 0 Å². The number of nitrogens with zero attached hydrogens (tertiary/aromatic N) is 1. The molecule has 0 saturated carbocycles. The lowest BCUT2D eigenvalue weighted by molar-refractivity contribution is 0.236. The number of aliphatic hydroxyl groups excluding tert-OH is 1. The van der Waals surface area contributed by atoms with Crippen LogP contribution in [-0.2, 0) is 0 Å². The van der Waals surface area contributed by atoms with Crippen molar-refractivity contribution < 1.29 is 9.90 Å². The first-order valence-corrected chi connectivity index (χ1v) is 6.92. The van der Waals surface area contributed by atoms with Crippen molar-refractivity contribution in [3.63, 3.8) is 0 Å². The van der Waals surface area contributed by atoms with Crippen molar-refractivity contribution in [3.8, 4) is 0 Å². The molecule has 2 aromatic rings. The summed E-state index contributed by atoms with van der Waals surface area (Å²) in [6, 6.07) is 14.7. The largest absolute Gasteiger partial charge is 0.396 e. The lowest BCUT2D eigenvalue weighted by Crippen LogP contribution is -2.39. The van der Waals surface area contributed by atoms with E-state index < -0.39 is 0 Å². The average Bonchev–Trinajstić information content (AvgIpc) is 2.54. The number of urea groups is 1. The molecule has 0 aliphatic heterocycles. The molecule has 0 spiro atoms. The van der Waals surface area contributed by atoms with Crippen molar-refractivity contribution in [2.45, 2.75) is 12.5 Å². The van der Waals surface area contributed by atoms with Crippen LogP contribution in [0, 0.1) is 0 Å². The highest BCUT2D eigenvalue weighted by Crippen LogP contribution is 2.19. The maximum atomic E-state index is 11.9. The van der Waals surface area contributed by atoms with Crippen LogP contribution in [0.4, 0.5) is 4.79 Å². The molecule has 0 aliphatic rings. The van der Waals surface area contributed by atoms with E-state index in [1.165, 1.54) is 0 Å². The molecule has 1 aromatic carbocycles. The minimum Gasteiger partial charge on any atom is -0.396 e. The summed E-state index contributed by atoms with van der Waals surface area (Å²) in [5.74, 6) is 0. The second-order valence-electron chi connectivity index (χ2n) is 4.58. The van der Waals surface area contributed by atoms with Gasteiger partial charge in [0.25, 0.3) is 0 Å². The van der Waals surface area contributed by atoms with Gasteiger partial charge in [-0.1, -0.05) is 36.4 Å². The molecule has 2 amide bonds.